The van der Waals surface area contributed by atoms with E-state index < -0.39 is 5.54 Å². The van der Waals surface area contributed by atoms with Gasteiger partial charge in [-0.25, -0.2) is 4.68 Å². The molecule has 0 bridgehead atoms. The van der Waals surface area contributed by atoms with E-state index in [1.54, 1.807) is 28.2 Å². The van der Waals surface area contributed by atoms with Crippen LogP contribution in [0.5, 0.6) is 0 Å². The molecule has 2 aliphatic rings. The first-order valence-electron chi connectivity index (χ1n) is 9.08. The maximum atomic E-state index is 13.0. The summed E-state index contributed by atoms with van der Waals surface area (Å²) < 4.78 is 3.27. The van der Waals surface area contributed by atoms with Gasteiger partial charge < -0.3 is 10.2 Å². The van der Waals surface area contributed by atoms with Crippen LogP contribution in [-0.2, 0) is 21.7 Å². The minimum Gasteiger partial charge on any atom is -0.354 e. The van der Waals surface area contributed by atoms with E-state index in [1.165, 1.54) is 17.5 Å². The Bertz CT molecular complexity index is 744. The van der Waals surface area contributed by atoms with Crippen LogP contribution in [0.1, 0.15) is 25.7 Å². The lowest BCUT2D eigenvalue weighted by molar-refractivity contribution is -0.140. The van der Waals surface area contributed by atoms with Gasteiger partial charge in [-0.2, -0.15) is 5.10 Å². The smallest absolute Gasteiger partial charge is 0.248 e. The van der Waals surface area contributed by atoms with Gasteiger partial charge in [-0.15, -0.1) is 5.10 Å². The average molecular weight is 357 g/mol. The second-order valence-electron chi connectivity index (χ2n) is 7.12. The molecule has 1 N–H and O–H groups in total. The minimum atomic E-state index is -0.720. The van der Waals surface area contributed by atoms with Crippen molar-refractivity contribution < 1.29 is 9.59 Å². The first-order chi connectivity index (χ1) is 12.7. The third-order valence-corrected chi connectivity index (χ3v) is 5.33. The summed E-state index contributed by atoms with van der Waals surface area (Å²) in [6.07, 6.45) is 10.2. The standard InChI is InChI=1S/C17H23N7O2/c25-15(13-23-11-7-19-21-23)22-9-4-17(5-10-22,24-8-1-6-20-24)16(26)18-12-14-2-3-14/h1,6-8,11,14H,2-5,9-10,12-13H2,(H,18,26). The van der Waals surface area contributed by atoms with E-state index >= 15 is 0 Å². The molecule has 9 nitrogen and oxygen atoms in total. The molecule has 1 saturated carbocycles. The van der Waals surface area contributed by atoms with Gasteiger partial charge in [-0.3, -0.25) is 14.3 Å². The van der Waals surface area contributed by atoms with Gasteiger partial charge in [0.1, 0.15) is 12.1 Å². The Morgan fingerprint density at radius 3 is 2.58 bits per heavy atom. The molecular weight excluding hydrogens is 334 g/mol. The Morgan fingerprint density at radius 1 is 1.15 bits per heavy atom. The summed E-state index contributed by atoms with van der Waals surface area (Å²) in [7, 11) is 0. The number of rotatable bonds is 6. The van der Waals surface area contributed by atoms with Crippen molar-refractivity contribution in [1.29, 1.82) is 0 Å². The van der Waals surface area contributed by atoms with E-state index in [1.807, 2.05) is 12.3 Å². The molecular formula is C17H23N7O2. The number of carbonyl (C=O) groups is 2. The lowest BCUT2D eigenvalue weighted by Gasteiger charge is -2.40. The Labute approximate surface area is 151 Å². The highest BCUT2D eigenvalue weighted by Crippen LogP contribution is 2.32. The SMILES string of the molecule is O=C(Cn1ccnn1)N1CCC(C(=O)NCC2CC2)(n2cccn2)CC1. The number of nitrogens with one attached hydrogen (secondary N) is 1. The molecule has 3 heterocycles. The van der Waals surface area contributed by atoms with Gasteiger partial charge in [0.15, 0.2) is 0 Å². The Morgan fingerprint density at radius 2 is 1.96 bits per heavy atom. The quantitative estimate of drug-likeness (QED) is 0.786. The summed E-state index contributed by atoms with van der Waals surface area (Å²) in [6, 6.07) is 1.83. The molecule has 4 rings (SSSR count). The summed E-state index contributed by atoms with van der Waals surface area (Å²) in [6.45, 7) is 1.94. The Balaban J connectivity index is 1.43. The van der Waals surface area contributed by atoms with Crippen LogP contribution in [0.4, 0.5) is 0 Å². The van der Waals surface area contributed by atoms with E-state index in [9.17, 15) is 9.59 Å². The van der Waals surface area contributed by atoms with Crippen LogP contribution in [0.15, 0.2) is 30.9 Å². The van der Waals surface area contributed by atoms with Gasteiger partial charge in [-0.1, -0.05) is 5.21 Å². The Kier molecular flexibility index (Phi) is 4.44. The minimum absolute atomic E-state index is 0.0106. The fraction of sp³-hybridized carbons (Fsp3) is 0.588. The van der Waals surface area contributed by atoms with Crippen molar-refractivity contribution in [3.05, 3.63) is 30.9 Å². The molecule has 1 saturated heterocycles. The van der Waals surface area contributed by atoms with E-state index in [0.717, 1.165) is 6.54 Å². The lowest BCUT2D eigenvalue weighted by Crippen LogP contribution is -2.56. The summed E-state index contributed by atoms with van der Waals surface area (Å²) in [5, 5.41) is 15.0. The van der Waals surface area contributed by atoms with Gasteiger partial charge >= 0.3 is 0 Å². The molecule has 138 valence electrons. The third kappa shape index (κ3) is 3.33. The fourth-order valence-corrected chi connectivity index (χ4v) is 3.49. The lowest BCUT2D eigenvalue weighted by atomic mass is 9.86. The highest BCUT2D eigenvalue weighted by Gasteiger charge is 2.44. The second-order valence-corrected chi connectivity index (χ2v) is 7.12. The third-order valence-electron chi connectivity index (χ3n) is 5.33. The van der Waals surface area contributed by atoms with Crippen LogP contribution in [-0.4, -0.2) is 61.1 Å². The highest BCUT2D eigenvalue weighted by atomic mass is 16.2. The van der Waals surface area contributed by atoms with Gasteiger partial charge in [0.2, 0.25) is 11.8 Å². The van der Waals surface area contributed by atoms with Crippen LogP contribution in [0.25, 0.3) is 0 Å². The summed E-state index contributed by atoms with van der Waals surface area (Å²) in [5.74, 6) is 0.623. The number of hydrogen-bond acceptors (Lipinski definition) is 5. The van der Waals surface area contributed by atoms with Crippen LogP contribution in [0.3, 0.4) is 0 Å². The maximum Gasteiger partial charge on any atom is 0.248 e. The predicted molar refractivity (Wildman–Crippen MR) is 91.8 cm³/mol. The molecule has 9 heteroatoms. The zero-order valence-corrected chi connectivity index (χ0v) is 14.6. The first kappa shape index (κ1) is 16.7. The number of aromatic nitrogens is 5. The van der Waals surface area contributed by atoms with Crippen molar-refractivity contribution in [3.63, 3.8) is 0 Å². The maximum absolute atomic E-state index is 13.0. The largest absolute Gasteiger partial charge is 0.354 e. The molecule has 0 spiro atoms. The van der Waals surface area contributed by atoms with Crippen molar-refractivity contribution in [3.8, 4) is 0 Å². The van der Waals surface area contributed by atoms with Gasteiger partial charge in [-0.05, 0) is 37.7 Å². The topological polar surface area (TPSA) is 97.9 Å². The number of likely N-dealkylation sites (tertiary alicyclic amines) is 1. The van der Waals surface area contributed by atoms with E-state index in [4.69, 9.17) is 0 Å². The normalized spacial score (nSPS) is 19.3. The van der Waals surface area contributed by atoms with Crippen LogP contribution in [0.2, 0.25) is 0 Å². The Hall–Kier alpha value is -2.71. The van der Waals surface area contributed by atoms with E-state index in [-0.39, 0.29) is 18.4 Å². The van der Waals surface area contributed by atoms with Crippen molar-refractivity contribution in [2.45, 2.75) is 37.8 Å². The van der Waals surface area contributed by atoms with E-state index in [2.05, 4.69) is 20.7 Å². The number of carbonyl (C=O) groups excluding carboxylic acids is 2. The molecule has 0 aromatic carbocycles. The molecule has 2 aromatic heterocycles. The molecule has 2 aromatic rings. The summed E-state index contributed by atoms with van der Waals surface area (Å²) in [4.78, 5) is 27.2. The number of hydrogen-bond donors (Lipinski definition) is 1. The van der Waals surface area contributed by atoms with E-state index in [0.29, 0.717) is 31.8 Å². The van der Waals surface area contributed by atoms with Crippen LogP contribution in [0, 0.1) is 5.92 Å². The monoisotopic (exact) mass is 357 g/mol. The fourth-order valence-electron chi connectivity index (χ4n) is 3.49. The molecule has 0 atom stereocenters. The van der Waals surface area contributed by atoms with Gasteiger partial charge in [0, 0.05) is 38.2 Å². The van der Waals surface area contributed by atoms with Crippen molar-refractivity contribution in [2.24, 2.45) is 5.92 Å². The zero-order valence-electron chi connectivity index (χ0n) is 14.6. The number of amides is 2. The van der Waals surface area contributed by atoms with Crippen molar-refractivity contribution >= 4 is 11.8 Å². The summed E-state index contributed by atoms with van der Waals surface area (Å²) >= 11 is 0. The molecule has 2 fully saturated rings. The first-order valence-corrected chi connectivity index (χ1v) is 9.08. The highest BCUT2D eigenvalue weighted by molar-refractivity contribution is 5.85. The van der Waals surface area contributed by atoms with Crippen LogP contribution < -0.4 is 5.32 Å². The zero-order chi connectivity index (χ0) is 18.0. The molecule has 0 unspecified atom stereocenters. The van der Waals surface area contributed by atoms with Gasteiger partial charge in [0.05, 0.1) is 6.20 Å². The van der Waals surface area contributed by atoms with Crippen molar-refractivity contribution in [2.75, 3.05) is 19.6 Å². The van der Waals surface area contributed by atoms with Crippen molar-refractivity contribution in [1.82, 2.24) is 35.0 Å². The number of nitrogens with zero attached hydrogens (tertiary/aromatic N) is 6. The predicted octanol–water partition coefficient (Wildman–Crippen LogP) is 0.0187. The van der Waals surface area contributed by atoms with Crippen LogP contribution >= 0.6 is 0 Å². The second kappa shape index (κ2) is 6.89. The average Bonchev–Trinajstić information content (AvgIpc) is 3.11. The molecule has 2 amide bonds. The molecule has 26 heavy (non-hydrogen) atoms. The molecule has 1 aliphatic carbocycles. The molecule has 1 aliphatic heterocycles. The van der Waals surface area contributed by atoms with Gasteiger partial charge in [0.25, 0.3) is 0 Å². The summed E-state index contributed by atoms with van der Waals surface area (Å²) in [5.41, 5.74) is -0.720. The number of piperidine rings is 1. The molecule has 0 radical (unpaired) electrons.